The summed E-state index contributed by atoms with van der Waals surface area (Å²) in [4.78, 5) is 48.7. The number of carbonyl (C=O) groups is 4. The summed E-state index contributed by atoms with van der Waals surface area (Å²) in [6.45, 7) is 4.44. The van der Waals surface area contributed by atoms with E-state index in [1.54, 1.807) is 0 Å². The number of nitrogens with zero attached hydrogens (tertiary/aromatic N) is 3. The first kappa shape index (κ1) is 25.1. The molecule has 1 heterocycles. The van der Waals surface area contributed by atoms with Crippen LogP contribution in [0, 0.1) is 0 Å². The van der Waals surface area contributed by atoms with Crippen LogP contribution in [0.5, 0.6) is 0 Å². The van der Waals surface area contributed by atoms with Crippen LogP contribution < -0.4 is 0 Å². The summed E-state index contributed by atoms with van der Waals surface area (Å²) in [6, 6.07) is 0. The largest absolute Gasteiger partial charge is 0.463 e. The molecule has 1 fully saturated rings. The van der Waals surface area contributed by atoms with Crippen LogP contribution in [0.15, 0.2) is 5.11 Å². The number of esters is 4. The van der Waals surface area contributed by atoms with Crippen molar-refractivity contribution in [3.05, 3.63) is 10.4 Å². The summed E-state index contributed by atoms with van der Waals surface area (Å²) in [5.74, 6) is -2.78. The first-order valence-electron chi connectivity index (χ1n) is 9.08. The van der Waals surface area contributed by atoms with Gasteiger partial charge in [-0.05, 0) is 12.0 Å². The summed E-state index contributed by atoms with van der Waals surface area (Å²) in [5, 5.41) is 3.37. The highest BCUT2D eigenvalue weighted by molar-refractivity contribution is 5.68. The molecule has 0 aromatic heterocycles. The van der Waals surface area contributed by atoms with Gasteiger partial charge in [-0.25, -0.2) is 0 Å². The van der Waals surface area contributed by atoms with Gasteiger partial charge in [0, 0.05) is 39.2 Å². The normalized spacial score (nSPS) is 25.4. The summed E-state index contributed by atoms with van der Waals surface area (Å²) >= 11 is 0. The highest BCUT2D eigenvalue weighted by atomic mass is 16.7. The van der Waals surface area contributed by atoms with Crippen molar-refractivity contribution in [1.29, 1.82) is 0 Å². The first-order chi connectivity index (χ1) is 14.1. The van der Waals surface area contributed by atoms with Gasteiger partial charge >= 0.3 is 23.9 Å². The molecule has 5 atom stereocenters. The third kappa shape index (κ3) is 8.64. The van der Waals surface area contributed by atoms with E-state index in [1.807, 2.05) is 0 Å². The van der Waals surface area contributed by atoms with Crippen LogP contribution in [-0.4, -0.2) is 74.3 Å². The maximum Gasteiger partial charge on any atom is 0.303 e. The third-order valence-corrected chi connectivity index (χ3v) is 3.70. The van der Waals surface area contributed by atoms with Crippen molar-refractivity contribution in [3.63, 3.8) is 0 Å². The van der Waals surface area contributed by atoms with Crippen molar-refractivity contribution in [2.45, 2.75) is 64.8 Å². The molecule has 0 aromatic rings. The van der Waals surface area contributed by atoms with Crippen LogP contribution in [0.2, 0.25) is 0 Å². The van der Waals surface area contributed by atoms with Gasteiger partial charge in [-0.3, -0.25) is 19.2 Å². The van der Waals surface area contributed by atoms with E-state index in [1.165, 1.54) is 6.92 Å². The Hall–Kier alpha value is -2.89. The minimum atomic E-state index is -1.29. The first-order valence-corrected chi connectivity index (χ1v) is 9.08. The van der Waals surface area contributed by atoms with Gasteiger partial charge in [-0.2, -0.15) is 0 Å². The molecule has 13 heteroatoms. The number of azide groups is 1. The average molecular weight is 431 g/mol. The fourth-order valence-corrected chi connectivity index (χ4v) is 2.70. The van der Waals surface area contributed by atoms with E-state index in [-0.39, 0.29) is 19.8 Å². The number of hydrogen-bond donors (Lipinski definition) is 0. The maximum absolute atomic E-state index is 11.7. The van der Waals surface area contributed by atoms with Gasteiger partial charge < -0.3 is 28.4 Å². The fraction of sp³-hybridized carbons (Fsp3) is 0.765. The lowest BCUT2D eigenvalue weighted by Gasteiger charge is -2.44. The van der Waals surface area contributed by atoms with Crippen molar-refractivity contribution < 1.29 is 47.6 Å². The Kier molecular flexibility index (Phi) is 10.6. The van der Waals surface area contributed by atoms with Crippen LogP contribution in [0.4, 0.5) is 0 Å². The molecule has 0 saturated carbocycles. The summed E-state index contributed by atoms with van der Waals surface area (Å²) in [7, 11) is 0. The molecular weight excluding hydrogens is 406 g/mol. The predicted octanol–water partition coefficient (Wildman–Crippen LogP) is 0.786. The SMILES string of the molecule is CC(=O)OC[C@H]1O[C@H](OCCCN=[N+]=[N-])[C@@H](OC(C)=O)[C@@H](OC(C)=O)[C@@H]1OC(C)=O. The Morgan fingerprint density at radius 3 is 2.00 bits per heavy atom. The maximum atomic E-state index is 11.7. The lowest BCUT2D eigenvalue weighted by molar-refractivity contribution is -0.308. The van der Waals surface area contributed by atoms with Gasteiger partial charge in [-0.1, -0.05) is 5.11 Å². The molecule has 1 rings (SSSR count). The molecule has 30 heavy (non-hydrogen) atoms. The number of hydrogen-bond acceptors (Lipinski definition) is 11. The molecule has 0 spiro atoms. The topological polar surface area (TPSA) is 172 Å². The van der Waals surface area contributed by atoms with E-state index >= 15 is 0 Å². The molecule has 1 saturated heterocycles. The Morgan fingerprint density at radius 1 is 0.900 bits per heavy atom. The molecule has 0 amide bonds. The van der Waals surface area contributed by atoms with Crippen LogP contribution in [-0.2, 0) is 47.6 Å². The molecule has 1 aliphatic rings. The minimum absolute atomic E-state index is 0.0484. The van der Waals surface area contributed by atoms with Gasteiger partial charge in [-0.15, -0.1) is 0 Å². The van der Waals surface area contributed by atoms with E-state index in [4.69, 9.17) is 34.0 Å². The Labute approximate surface area is 172 Å². The predicted molar refractivity (Wildman–Crippen MR) is 96.5 cm³/mol. The van der Waals surface area contributed by atoms with Crippen LogP contribution in [0.1, 0.15) is 34.1 Å². The molecule has 0 bridgehead atoms. The standard InChI is InChI=1S/C17H25N3O10/c1-9(21)26-8-13-14(27-10(2)22)15(28-11(3)23)16(29-12(4)24)17(30-13)25-7-5-6-19-20-18/h13-17H,5-8H2,1-4H3/t13-,14-,15+,16+,17+/m1/s1. The zero-order chi connectivity index (χ0) is 22.7. The smallest absolute Gasteiger partial charge is 0.303 e. The molecule has 168 valence electrons. The van der Waals surface area contributed by atoms with Crippen molar-refractivity contribution in [2.75, 3.05) is 19.8 Å². The highest BCUT2D eigenvalue weighted by Crippen LogP contribution is 2.30. The van der Waals surface area contributed by atoms with Crippen molar-refractivity contribution in [1.82, 2.24) is 0 Å². The molecule has 0 aliphatic carbocycles. The monoisotopic (exact) mass is 431 g/mol. The lowest BCUT2D eigenvalue weighted by atomic mass is 9.98. The number of rotatable bonds is 10. The molecule has 0 N–H and O–H groups in total. The molecule has 0 aromatic carbocycles. The second-order valence-corrected chi connectivity index (χ2v) is 6.25. The zero-order valence-electron chi connectivity index (χ0n) is 17.1. The number of carbonyl (C=O) groups excluding carboxylic acids is 4. The Morgan fingerprint density at radius 2 is 1.47 bits per heavy atom. The van der Waals surface area contributed by atoms with E-state index in [2.05, 4.69) is 10.0 Å². The fourth-order valence-electron chi connectivity index (χ4n) is 2.70. The molecule has 0 radical (unpaired) electrons. The lowest BCUT2D eigenvalue weighted by Crippen LogP contribution is -2.63. The number of ether oxygens (including phenoxy) is 6. The Bertz CT molecular complexity index is 679. The average Bonchev–Trinajstić information content (AvgIpc) is 2.63. The van der Waals surface area contributed by atoms with Gasteiger partial charge in [0.2, 0.25) is 0 Å². The van der Waals surface area contributed by atoms with E-state index in [0.29, 0.717) is 6.42 Å². The third-order valence-electron chi connectivity index (χ3n) is 3.70. The van der Waals surface area contributed by atoms with E-state index in [9.17, 15) is 19.2 Å². The van der Waals surface area contributed by atoms with Gasteiger partial charge in [0.25, 0.3) is 0 Å². The second-order valence-electron chi connectivity index (χ2n) is 6.25. The van der Waals surface area contributed by atoms with Crippen LogP contribution >= 0.6 is 0 Å². The quantitative estimate of drug-likeness (QED) is 0.120. The van der Waals surface area contributed by atoms with Gasteiger partial charge in [0.1, 0.15) is 12.7 Å². The van der Waals surface area contributed by atoms with Gasteiger partial charge in [0.05, 0.1) is 6.61 Å². The summed E-state index contributed by atoms with van der Waals surface area (Å²) in [5.41, 5.74) is 8.32. The molecular formula is C17H25N3O10. The van der Waals surface area contributed by atoms with Crippen molar-refractivity contribution in [3.8, 4) is 0 Å². The van der Waals surface area contributed by atoms with E-state index < -0.39 is 54.6 Å². The second kappa shape index (κ2) is 12.6. The molecule has 0 unspecified atom stereocenters. The van der Waals surface area contributed by atoms with Crippen LogP contribution in [0.25, 0.3) is 10.4 Å². The van der Waals surface area contributed by atoms with Crippen molar-refractivity contribution >= 4 is 23.9 Å². The highest BCUT2D eigenvalue weighted by Gasteiger charge is 2.52. The Balaban J connectivity index is 3.17. The minimum Gasteiger partial charge on any atom is -0.463 e. The van der Waals surface area contributed by atoms with Crippen LogP contribution in [0.3, 0.4) is 0 Å². The molecule has 1 aliphatic heterocycles. The van der Waals surface area contributed by atoms with Crippen molar-refractivity contribution in [2.24, 2.45) is 5.11 Å². The molecule has 13 nitrogen and oxygen atoms in total. The summed E-state index contributed by atoms with van der Waals surface area (Å²) < 4.78 is 32.0. The summed E-state index contributed by atoms with van der Waals surface area (Å²) in [6.07, 6.45) is -5.78. The zero-order valence-corrected chi connectivity index (χ0v) is 17.1. The van der Waals surface area contributed by atoms with E-state index in [0.717, 1.165) is 20.8 Å². The van der Waals surface area contributed by atoms with Gasteiger partial charge in [0.15, 0.2) is 24.6 Å².